The minimum absolute atomic E-state index is 0.00663. The second-order valence-electron chi connectivity index (χ2n) is 7.17. The van der Waals surface area contributed by atoms with Gasteiger partial charge in [0.2, 0.25) is 5.91 Å². The summed E-state index contributed by atoms with van der Waals surface area (Å²) in [5, 5.41) is 0.514. The number of aromatic nitrogens is 3. The summed E-state index contributed by atoms with van der Waals surface area (Å²) in [5.41, 5.74) is 2.01. The van der Waals surface area contributed by atoms with E-state index in [0.717, 1.165) is 11.1 Å². The molecule has 0 unspecified atom stereocenters. The van der Waals surface area contributed by atoms with Crippen molar-refractivity contribution in [1.82, 2.24) is 19.4 Å². The van der Waals surface area contributed by atoms with Gasteiger partial charge in [0, 0.05) is 44.4 Å². The number of methoxy groups -OCH3 is 1. The third kappa shape index (κ3) is 3.82. The lowest BCUT2D eigenvalue weighted by atomic mass is 10.1. The van der Waals surface area contributed by atoms with Crippen LogP contribution in [-0.2, 0) is 18.3 Å². The van der Waals surface area contributed by atoms with Crippen molar-refractivity contribution in [2.24, 2.45) is 7.05 Å². The van der Waals surface area contributed by atoms with Crippen molar-refractivity contribution < 1.29 is 9.53 Å². The molecular formula is C21H22ClN5O3. The molecule has 1 aliphatic rings. The SMILES string of the molecule is COc1ccc(CC(=O)N2CCN(c3nc4ccncc4n(C)c3=O)CC2)c(Cl)c1. The van der Waals surface area contributed by atoms with Crippen LogP contribution in [-0.4, -0.2) is 58.6 Å². The van der Waals surface area contributed by atoms with Gasteiger partial charge in [0.05, 0.1) is 30.8 Å². The number of piperazine rings is 1. The fourth-order valence-electron chi connectivity index (χ4n) is 3.60. The molecule has 156 valence electrons. The van der Waals surface area contributed by atoms with Gasteiger partial charge < -0.3 is 19.1 Å². The largest absolute Gasteiger partial charge is 0.497 e. The highest BCUT2D eigenvalue weighted by atomic mass is 35.5. The maximum Gasteiger partial charge on any atom is 0.293 e. The molecular weight excluding hydrogens is 406 g/mol. The van der Waals surface area contributed by atoms with E-state index in [-0.39, 0.29) is 17.9 Å². The highest BCUT2D eigenvalue weighted by molar-refractivity contribution is 6.31. The number of ether oxygens (including phenoxy) is 1. The van der Waals surface area contributed by atoms with Crippen LogP contribution in [0.4, 0.5) is 5.82 Å². The minimum Gasteiger partial charge on any atom is -0.497 e. The molecule has 1 aliphatic heterocycles. The molecule has 0 N–H and O–H groups in total. The molecule has 0 aliphatic carbocycles. The van der Waals surface area contributed by atoms with Gasteiger partial charge in [0.25, 0.3) is 5.56 Å². The molecule has 0 spiro atoms. The Morgan fingerprint density at radius 1 is 1.20 bits per heavy atom. The summed E-state index contributed by atoms with van der Waals surface area (Å²) < 4.78 is 6.71. The van der Waals surface area contributed by atoms with E-state index in [2.05, 4.69) is 9.97 Å². The molecule has 0 atom stereocenters. The summed E-state index contributed by atoms with van der Waals surface area (Å²) in [5.74, 6) is 1.07. The summed E-state index contributed by atoms with van der Waals surface area (Å²) in [6.45, 7) is 2.12. The van der Waals surface area contributed by atoms with Gasteiger partial charge in [-0.05, 0) is 23.8 Å². The summed E-state index contributed by atoms with van der Waals surface area (Å²) in [4.78, 5) is 37.8. The molecule has 3 heterocycles. The third-order valence-electron chi connectivity index (χ3n) is 5.40. The quantitative estimate of drug-likeness (QED) is 0.632. The number of benzene rings is 1. The molecule has 30 heavy (non-hydrogen) atoms. The lowest BCUT2D eigenvalue weighted by Gasteiger charge is -2.35. The van der Waals surface area contributed by atoms with E-state index in [4.69, 9.17) is 16.3 Å². The zero-order chi connectivity index (χ0) is 21.3. The topological polar surface area (TPSA) is 80.6 Å². The Labute approximate surface area is 178 Å². The van der Waals surface area contributed by atoms with E-state index in [1.807, 2.05) is 11.0 Å². The number of carbonyl (C=O) groups is 1. The van der Waals surface area contributed by atoms with Crippen molar-refractivity contribution in [2.75, 3.05) is 38.2 Å². The van der Waals surface area contributed by atoms with E-state index in [0.29, 0.717) is 48.3 Å². The first-order chi connectivity index (χ1) is 14.5. The Kier molecular flexibility index (Phi) is 5.59. The van der Waals surface area contributed by atoms with E-state index < -0.39 is 0 Å². The van der Waals surface area contributed by atoms with E-state index in [1.54, 1.807) is 54.2 Å². The number of pyridine rings is 1. The Bertz CT molecular complexity index is 1160. The number of aryl methyl sites for hydroxylation is 1. The van der Waals surface area contributed by atoms with Gasteiger partial charge in [0.1, 0.15) is 5.75 Å². The van der Waals surface area contributed by atoms with Gasteiger partial charge in [-0.15, -0.1) is 0 Å². The Hall–Kier alpha value is -3.13. The van der Waals surface area contributed by atoms with Crippen LogP contribution < -0.4 is 15.2 Å². The summed E-state index contributed by atoms with van der Waals surface area (Å²) in [6, 6.07) is 7.10. The zero-order valence-corrected chi connectivity index (χ0v) is 17.6. The van der Waals surface area contributed by atoms with Crippen LogP contribution in [0, 0.1) is 0 Å². The zero-order valence-electron chi connectivity index (χ0n) is 16.8. The number of nitrogens with zero attached hydrogens (tertiary/aromatic N) is 5. The Morgan fingerprint density at radius 2 is 1.97 bits per heavy atom. The highest BCUT2D eigenvalue weighted by Gasteiger charge is 2.25. The standard InChI is InChI=1S/C21H22ClN5O3/c1-25-18-13-23-6-5-17(18)24-20(21(25)29)27-9-7-26(8-10-27)19(28)11-14-3-4-15(30-2)12-16(14)22/h3-6,12-13H,7-11H2,1-2H3. The predicted molar refractivity (Wildman–Crippen MR) is 115 cm³/mol. The maximum atomic E-state index is 12.8. The van der Waals surface area contributed by atoms with Crippen molar-refractivity contribution in [1.29, 1.82) is 0 Å². The van der Waals surface area contributed by atoms with Crippen LogP contribution in [0.3, 0.4) is 0 Å². The van der Waals surface area contributed by atoms with Crippen LogP contribution in [0.5, 0.6) is 5.75 Å². The van der Waals surface area contributed by atoms with Crippen LogP contribution in [0.15, 0.2) is 41.5 Å². The average Bonchev–Trinajstić information content (AvgIpc) is 2.77. The Balaban J connectivity index is 1.45. The van der Waals surface area contributed by atoms with Crippen LogP contribution >= 0.6 is 11.6 Å². The van der Waals surface area contributed by atoms with Gasteiger partial charge in [0.15, 0.2) is 5.82 Å². The van der Waals surface area contributed by atoms with Gasteiger partial charge in [-0.2, -0.15) is 0 Å². The summed E-state index contributed by atoms with van der Waals surface area (Å²) in [6.07, 6.45) is 3.52. The number of hydrogen-bond acceptors (Lipinski definition) is 6. The molecule has 0 bridgehead atoms. The molecule has 2 aromatic heterocycles. The monoisotopic (exact) mass is 427 g/mol. The van der Waals surface area contributed by atoms with Crippen molar-refractivity contribution in [3.05, 3.63) is 57.6 Å². The number of fused-ring (bicyclic) bond motifs is 1. The summed E-state index contributed by atoms with van der Waals surface area (Å²) in [7, 11) is 3.29. The first kappa shape index (κ1) is 20.2. The van der Waals surface area contributed by atoms with Crippen molar-refractivity contribution in [3.8, 4) is 5.75 Å². The Morgan fingerprint density at radius 3 is 2.67 bits per heavy atom. The second-order valence-corrected chi connectivity index (χ2v) is 7.57. The van der Waals surface area contributed by atoms with Crippen LogP contribution in [0.2, 0.25) is 5.02 Å². The summed E-state index contributed by atoms with van der Waals surface area (Å²) >= 11 is 6.27. The number of anilines is 1. The van der Waals surface area contributed by atoms with Gasteiger partial charge in [-0.25, -0.2) is 4.98 Å². The van der Waals surface area contributed by atoms with E-state index >= 15 is 0 Å². The van der Waals surface area contributed by atoms with Crippen molar-refractivity contribution in [3.63, 3.8) is 0 Å². The molecule has 0 radical (unpaired) electrons. The smallest absolute Gasteiger partial charge is 0.293 e. The minimum atomic E-state index is -0.166. The van der Waals surface area contributed by atoms with E-state index in [1.165, 1.54) is 0 Å². The number of rotatable bonds is 4. The van der Waals surface area contributed by atoms with Crippen molar-refractivity contribution >= 4 is 34.4 Å². The van der Waals surface area contributed by atoms with Crippen LogP contribution in [0.1, 0.15) is 5.56 Å². The first-order valence-corrected chi connectivity index (χ1v) is 10.0. The number of hydrogen-bond donors (Lipinski definition) is 0. The average molecular weight is 428 g/mol. The second kappa shape index (κ2) is 8.31. The molecule has 8 nitrogen and oxygen atoms in total. The van der Waals surface area contributed by atoms with Gasteiger partial charge >= 0.3 is 0 Å². The number of amides is 1. The van der Waals surface area contributed by atoms with Gasteiger partial charge in [-0.1, -0.05) is 17.7 Å². The van der Waals surface area contributed by atoms with E-state index in [9.17, 15) is 9.59 Å². The number of halogens is 1. The normalized spacial score (nSPS) is 14.2. The number of carbonyl (C=O) groups excluding carboxylic acids is 1. The molecule has 0 saturated carbocycles. The highest BCUT2D eigenvalue weighted by Crippen LogP contribution is 2.23. The fourth-order valence-corrected chi connectivity index (χ4v) is 3.84. The maximum absolute atomic E-state index is 12.8. The lowest BCUT2D eigenvalue weighted by molar-refractivity contribution is -0.130. The fraction of sp³-hybridized carbons (Fsp3) is 0.333. The lowest BCUT2D eigenvalue weighted by Crippen LogP contribution is -2.51. The first-order valence-electron chi connectivity index (χ1n) is 9.64. The molecule has 1 aromatic carbocycles. The molecule has 3 aromatic rings. The molecule has 1 fully saturated rings. The third-order valence-corrected chi connectivity index (χ3v) is 5.75. The van der Waals surface area contributed by atoms with Crippen molar-refractivity contribution in [2.45, 2.75) is 6.42 Å². The molecule has 1 saturated heterocycles. The predicted octanol–water partition coefficient (Wildman–Crippen LogP) is 1.88. The van der Waals surface area contributed by atoms with Crippen LogP contribution in [0.25, 0.3) is 11.0 Å². The molecule has 1 amide bonds. The molecule has 4 rings (SSSR count). The molecule has 9 heteroatoms. The van der Waals surface area contributed by atoms with Gasteiger partial charge in [-0.3, -0.25) is 14.6 Å².